The van der Waals surface area contributed by atoms with E-state index in [2.05, 4.69) is 9.46 Å². The Morgan fingerprint density at radius 1 is 1.30 bits per heavy atom. The molecule has 0 atom stereocenters. The second-order valence-corrected chi connectivity index (χ2v) is 5.97. The Hall–Kier alpha value is -1.60. The van der Waals surface area contributed by atoms with Gasteiger partial charge < -0.3 is 9.47 Å². The number of rotatable bonds is 7. The summed E-state index contributed by atoms with van der Waals surface area (Å²) in [7, 11) is -0.944. The Morgan fingerprint density at radius 3 is 2.60 bits per heavy atom. The average molecular weight is 301 g/mol. The zero-order chi connectivity index (χ0) is 15.2. The quantitative estimate of drug-likeness (QED) is 0.605. The fourth-order valence-electron chi connectivity index (χ4n) is 1.61. The molecular formula is C13H19NO5S. The summed E-state index contributed by atoms with van der Waals surface area (Å²) in [6, 6.07) is 4.93. The average Bonchev–Trinajstić information content (AvgIpc) is 2.43. The fraction of sp³-hybridized carbons (Fsp3) is 0.462. The van der Waals surface area contributed by atoms with Gasteiger partial charge in [-0.15, -0.1) is 0 Å². The van der Waals surface area contributed by atoms with Gasteiger partial charge in [0.15, 0.2) is 0 Å². The van der Waals surface area contributed by atoms with Crippen LogP contribution in [-0.2, 0) is 19.6 Å². The molecule has 1 aromatic carbocycles. The normalized spacial score (nSPS) is 11.2. The highest BCUT2D eigenvalue weighted by molar-refractivity contribution is 7.89. The van der Waals surface area contributed by atoms with Crippen LogP contribution in [0.15, 0.2) is 23.1 Å². The van der Waals surface area contributed by atoms with E-state index < -0.39 is 10.0 Å². The van der Waals surface area contributed by atoms with Crippen LogP contribution in [0, 0.1) is 6.92 Å². The molecule has 0 aromatic heterocycles. The molecule has 7 heteroatoms. The summed E-state index contributed by atoms with van der Waals surface area (Å²) in [5.74, 6) is -0.0756. The Kier molecular flexibility index (Phi) is 5.97. The lowest BCUT2D eigenvalue weighted by Crippen LogP contribution is -2.25. The van der Waals surface area contributed by atoms with Crippen LogP contribution < -0.4 is 9.46 Å². The number of carbonyl (C=O) groups excluding carboxylic acids is 1. The minimum atomic E-state index is -3.66. The number of carbonyl (C=O) groups is 1. The van der Waals surface area contributed by atoms with Crippen LogP contribution in [0.3, 0.4) is 0 Å². The van der Waals surface area contributed by atoms with Crippen molar-refractivity contribution in [3.05, 3.63) is 23.8 Å². The summed E-state index contributed by atoms with van der Waals surface area (Å²) in [6.45, 7) is 1.96. The van der Waals surface area contributed by atoms with E-state index in [1.807, 2.05) is 0 Å². The number of aryl methyl sites for hydroxylation is 1. The van der Waals surface area contributed by atoms with Crippen molar-refractivity contribution in [1.29, 1.82) is 0 Å². The molecule has 0 aliphatic rings. The van der Waals surface area contributed by atoms with E-state index in [9.17, 15) is 13.2 Å². The molecule has 0 fully saturated rings. The van der Waals surface area contributed by atoms with Gasteiger partial charge >= 0.3 is 5.97 Å². The lowest BCUT2D eigenvalue weighted by molar-refractivity contribution is -0.140. The number of esters is 1. The molecule has 1 aromatic rings. The van der Waals surface area contributed by atoms with Crippen molar-refractivity contribution in [2.75, 3.05) is 20.8 Å². The van der Waals surface area contributed by atoms with Crippen LogP contribution in [-0.4, -0.2) is 35.2 Å². The third-order valence-corrected chi connectivity index (χ3v) is 4.17. The molecule has 112 valence electrons. The molecule has 1 rings (SSSR count). The summed E-state index contributed by atoms with van der Waals surface area (Å²) in [6.07, 6.45) is 0.546. The van der Waals surface area contributed by atoms with Crippen molar-refractivity contribution >= 4 is 16.0 Å². The summed E-state index contributed by atoms with van der Waals surface area (Å²) in [5, 5.41) is 0. The predicted molar refractivity (Wildman–Crippen MR) is 74.2 cm³/mol. The van der Waals surface area contributed by atoms with Gasteiger partial charge in [0.1, 0.15) is 10.6 Å². The van der Waals surface area contributed by atoms with Gasteiger partial charge in [-0.1, -0.05) is 6.07 Å². The standard InChI is InChI=1S/C13H19NO5S/c1-10-6-7-11(18-2)12(9-10)20(16,17)14-8-4-5-13(15)19-3/h6-7,9,14H,4-5,8H2,1-3H3. The summed E-state index contributed by atoms with van der Waals surface area (Å²) in [5.41, 5.74) is 0.820. The van der Waals surface area contributed by atoms with Crippen LogP contribution in [0.25, 0.3) is 0 Å². The molecule has 1 N–H and O–H groups in total. The molecule has 0 amide bonds. The van der Waals surface area contributed by atoms with Crippen LogP contribution >= 0.6 is 0 Å². The van der Waals surface area contributed by atoms with Gasteiger partial charge in [0.25, 0.3) is 0 Å². The number of hydrogen-bond donors (Lipinski definition) is 1. The Balaban J connectivity index is 2.74. The number of hydrogen-bond acceptors (Lipinski definition) is 5. The summed E-state index contributed by atoms with van der Waals surface area (Å²) in [4.78, 5) is 11.0. The zero-order valence-electron chi connectivity index (χ0n) is 11.8. The monoisotopic (exact) mass is 301 g/mol. The minimum Gasteiger partial charge on any atom is -0.495 e. The molecule has 0 bridgehead atoms. The molecule has 0 aliphatic carbocycles. The molecule has 0 unspecified atom stereocenters. The van der Waals surface area contributed by atoms with Gasteiger partial charge in [-0.05, 0) is 31.0 Å². The van der Waals surface area contributed by atoms with E-state index in [0.717, 1.165) is 5.56 Å². The molecule has 0 saturated carbocycles. The Bertz CT molecular complexity index is 568. The lowest BCUT2D eigenvalue weighted by Gasteiger charge is -2.11. The molecule has 20 heavy (non-hydrogen) atoms. The van der Waals surface area contributed by atoms with Gasteiger partial charge in [0.05, 0.1) is 14.2 Å². The second-order valence-electron chi connectivity index (χ2n) is 4.23. The highest BCUT2D eigenvalue weighted by atomic mass is 32.2. The van der Waals surface area contributed by atoms with Crippen molar-refractivity contribution in [3.8, 4) is 5.75 Å². The van der Waals surface area contributed by atoms with Crippen molar-refractivity contribution in [3.63, 3.8) is 0 Å². The van der Waals surface area contributed by atoms with E-state index in [1.54, 1.807) is 25.1 Å². The second kappa shape index (κ2) is 7.25. The predicted octanol–water partition coefficient (Wildman–Crippen LogP) is 1.24. The Morgan fingerprint density at radius 2 is 2.00 bits per heavy atom. The number of ether oxygens (including phenoxy) is 2. The number of methoxy groups -OCH3 is 2. The number of benzene rings is 1. The lowest BCUT2D eigenvalue weighted by atomic mass is 10.2. The number of sulfonamides is 1. The molecular weight excluding hydrogens is 282 g/mol. The largest absolute Gasteiger partial charge is 0.495 e. The van der Waals surface area contributed by atoms with Crippen molar-refractivity contribution < 1.29 is 22.7 Å². The highest BCUT2D eigenvalue weighted by Crippen LogP contribution is 2.24. The van der Waals surface area contributed by atoms with E-state index in [-0.39, 0.29) is 29.6 Å². The van der Waals surface area contributed by atoms with Crippen molar-refractivity contribution in [2.45, 2.75) is 24.7 Å². The van der Waals surface area contributed by atoms with Gasteiger partial charge in [-0.3, -0.25) is 4.79 Å². The first-order chi connectivity index (χ1) is 9.40. The zero-order valence-corrected chi connectivity index (χ0v) is 12.6. The first-order valence-corrected chi connectivity index (χ1v) is 7.60. The summed E-state index contributed by atoms with van der Waals surface area (Å²) < 4.78 is 36.3. The van der Waals surface area contributed by atoms with E-state index in [0.29, 0.717) is 6.42 Å². The third-order valence-electron chi connectivity index (χ3n) is 2.69. The molecule has 0 radical (unpaired) electrons. The van der Waals surface area contributed by atoms with Gasteiger partial charge in [-0.2, -0.15) is 0 Å². The minimum absolute atomic E-state index is 0.0954. The maximum Gasteiger partial charge on any atom is 0.305 e. The van der Waals surface area contributed by atoms with E-state index in [4.69, 9.17) is 4.74 Å². The maximum atomic E-state index is 12.2. The molecule has 0 heterocycles. The molecule has 6 nitrogen and oxygen atoms in total. The van der Waals surface area contributed by atoms with Crippen LogP contribution in [0.1, 0.15) is 18.4 Å². The van der Waals surface area contributed by atoms with Gasteiger partial charge in [0, 0.05) is 13.0 Å². The van der Waals surface area contributed by atoms with E-state index in [1.165, 1.54) is 14.2 Å². The highest BCUT2D eigenvalue weighted by Gasteiger charge is 2.19. The van der Waals surface area contributed by atoms with Crippen LogP contribution in [0.4, 0.5) is 0 Å². The maximum absolute atomic E-state index is 12.2. The molecule has 0 aliphatic heterocycles. The summed E-state index contributed by atoms with van der Waals surface area (Å²) >= 11 is 0. The third kappa shape index (κ3) is 4.50. The fourth-order valence-corrected chi connectivity index (χ4v) is 2.94. The Labute approximate surface area is 119 Å². The SMILES string of the molecule is COC(=O)CCCNS(=O)(=O)c1cc(C)ccc1OC. The van der Waals surface area contributed by atoms with Crippen LogP contribution in [0.5, 0.6) is 5.75 Å². The van der Waals surface area contributed by atoms with Crippen molar-refractivity contribution in [1.82, 2.24) is 4.72 Å². The first kappa shape index (κ1) is 16.5. The van der Waals surface area contributed by atoms with Gasteiger partial charge in [0.2, 0.25) is 10.0 Å². The topological polar surface area (TPSA) is 81.7 Å². The van der Waals surface area contributed by atoms with Crippen LogP contribution in [0.2, 0.25) is 0 Å². The van der Waals surface area contributed by atoms with Gasteiger partial charge in [-0.25, -0.2) is 13.1 Å². The molecule has 0 saturated heterocycles. The number of nitrogens with one attached hydrogen (secondary N) is 1. The van der Waals surface area contributed by atoms with Crippen molar-refractivity contribution in [2.24, 2.45) is 0 Å². The molecule has 0 spiro atoms. The smallest absolute Gasteiger partial charge is 0.305 e. The van der Waals surface area contributed by atoms with E-state index >= 15 is 0 Å². The first-order valence-electron chi connectivity index (χ1n) is 6.12.